The van der Waals surface area contributed by atoms with Crippen molar-refractivity contribution in [2.45, 2.75) is 11.8 Å². The highest BCUT2D eigenvalue weighted by Crippen LogP contribution is 2.38. The zero-order valence-electron chi connectivity index (χ0n) is 18.1. The van der Waals surface area contributed by atoms with Crippen molar-refractivity contribution in [3.05, 3.63) is 81.3 Å². The first kappa shape index (κ1) is 25.5. The molecule has 0 saturated carbocycles. The number of rotatable bonds is 9. The van der Waals surface area contributed by atoms with Crippen LogP contribution >= 0.6 is 27.5 Å². The number of methoxy groups -OCH3 is 1. The zero-order chi connectivity index (χ0) is 24.7. The number of nitrogens with zero attached hydrogens (tertiary/aromatic N) is 1. The van der Waals surface area contributed by atoms with E-state index in [0.29, 0.717) is 20.8 Å². The summed E-state index contributed by atoms with van der Waals surface area (Å²) < 4.78 is 41.6. The van der Waals surface area contributed by atoms with Crippen molar-refractivity contribution in [1.29, 1.82) is 0 Å². The van der Waals surface area contributed by atoms with Gasteiger partial charge >= 0.3 is 10.1 Å². The molecule has 8 nitrogen and oxygen atoms in total. The Morgan fingerprint density at radius 2 is 1.79 bits per heavy atom. The van der Waals surface area contributed by atoms with Gasteiger partial charge in [0.05, 0.1) is 17.8 Å². The number of aryl methyl sites for hydroxylation is 1. The average molecular weight is 568 g/mol. The maximum absolute atomic E-state index is 12.7. The van der Waals surface area contributed by atoms with Crippen LogP contribution in [0, 0.1) is 6.92 Å². The van der Waals surface area contributed by atoms with E-state index in [9.17, 15) is 13.2 Å². The van der Waals surface area contributed by atoms with Crippen LogP contribution in [0.25, 0.3) is 0 Å². The van der Waals surface area contributed by atoms with Gasteiger partial charge < -0.3 is 13.7 Å². The third-order valence-corrected chi connectivity index (χ3v) is 6.42. The molecule has 0 spiro atoms. The fourth-order valence-corrected chi connectivity index (χ4v) is 4.38. The van der Waals surface area contributed by atoms with Crippen LogP contribution in [-0.4, -0.2) is 34.3 Å². The first-order chi connectivity index (χ1) is 16.2. The first-order valence-corrected chi connectivity index (χ1v) is 12.3. The van der Waals surface area contributed by atoms with Gasteiger partial charge in [-0.15, -0.1) is 0 Å². The van der Waals surface area contributed by atoms with Crippen molar-refractivity contribution in [2.75, 3.05) is 13.7 Å². The summed E-state index contributed by atoms with van der Waals surface area (Å²) >= 11 is 9.11. The molecule has 0 aromatic heterocycles. The third-order valence-electron chi connectivity index (χ3n) is 4.34. The number of nitrogens with one attached hydrogen (secondary N) is 1. The third kappa shape index (κ3) is 6.96. The van der Waals surface area contributed by atoms with E-state index in [2.05, 4.69) is 26.5 Å². The van der Waals surface area contributed by atoms with Gasteiger partial charge in [0.25, 0.3) is 5.91 Å². The Bertz CT molecular complexity index is 1300. The molecule has 0 fully saturated rings. The number of halogens is 2. The van der Waals surface area contributed by atoms with Gasteiger partial charge in [0.2, 0.25) is 0 Å². The van der Waals surface area contributed by atoms with Crippen LogP contribution < -0.4 is 19.1 Å². The van der Waals surface area contributed by atoms with E-state index in [0.717, 1.165) is 5.56 Å². The van der Waals surface area contributed by atoms with Crippen molar-refractivity contribution in [1.82, 2.24) is 5.43 Å². The van der Waals surface area contributed by atoms with Crippen molar-refractivity contribution in [2.24, 2.45) is 5.10 Å². The molecule has 0 saturated heterocycles. The Balaban J connectivity index is 1.66. The van der Waals surface area contributed by atoms with Gasteiger partial charge in [0.1, 0.15) is 10.6 Å². The van der Waals surface area contributed by atoms with E-state index < -0.39 is 16.0 Å². The summed E-state index contributed by atoms with van der Waals surface area (Å²) in [6.07, 6.45) is 1.37. The monoisotopic (exact) mass is 566 g/mol. The van der Waals surface area contributed by atoms with Crippen LogP contribution in [-0.2, 0) is 14.9 Å². The number of hydrogen-bond acceptors (Lipinski definition) is 7. The highest BCUT2D eigenvalue weighted by molar-refractivity contribution is 9.10. The van der Waals surface area contributed by atoms with E-state index in [1.807, 2.05) is 6.92 Å². The van der Waals surface area contributed by atoms with Crippen LogP contribution in [0.5, 0.6) is 17.2 Å². The lowest BCUT2D eigenvalue weighted by molar-refractivity contribution is -0.123. The Morgan fingerprint density at radius 1 is 1.12 bits per heavy atom. The van der Waals surface area contributed by atoms with Crippen LogP contribution in [0.3, 0.4) is 0 Å². The van der Waals surface area contributed by atoms with Crippen molar-refractivity contribution in [3.63, 3.8) is 0 Å². The second-order valence-corrected chi connectivity index (χ2v) is 9.76. The van der Waals surface area contributed by atoms with Gasteiger partial charge in [0, 0.05) is 5.02 Å². The minimum Gasteiger partial charge on any atom is -0.493 e. The molecule has 0 aliphatic carbocycles. The van der Waals surface area contributed by atoms with Crippen molar-refractivity contribution in [3.8, 4) is 17.2 Å². The average Bonchev–Trinajstić information content (AvgIpc) is 2.80. The number of ether oxygens (including phenoxy) is 2. The fourth-order valence-electron chi connectivity index (χ4n) is 2.65. The minimum absolute atomic E-state index is 0.0133. The molecule has 0 heterocycles. The summed E-state index contributed by atoms with van der Waals surface area (Å²) in [6.45, 7) is 1.61. The maximum atomic E-state index is 12.7. The molecule has 3 aromatic rings. The van der Waals surface area contributed by atoms with Crippen LogP contribution in [0.2, 0.25) is 5.02 Å². The number of carbonyl (C=O) groups is 1. The topological polar surface area (TPSA) is 103 Å². The molecule has 11 heteroatoms. The number of amides is 1. The highest BCUT2D eigenvalue weighted by Gasteiger charge is 2.22. The molecule has 0 aliphatic rings. The van der Waals surface area contributed by atoms with Gasteiger partial charge in [-0.25, -0.2) is 5.43 Å². The van der Waals surface area contributed by atoms with Crippen LogP contribution in [0.15, 0.2) is 75.1 Å². The lowest BCUT2D eigenvalue weighted by Crippen LogP contribution is -2.24. The summed E-state index contributed by atoms with van der Waals surface area (Å²) in [5.74, 6) is 0.166. The summed E-state index contributed by atoms with van der Waals surface area (Å²) in [4.78, 5) is 11.9. The minimum atomic E-state index is -4.08. The first-order valence-electron chi connectivity index (χ1n) is 9.77. The molecule has 0 radical (unpaired) electrons. The lowest BCUT2D eigenvalue weighted by Gasteiger charge is -2.13. The molecule has 0 bridgehead atoms. The fraction of sp³-hybridized carbons (Fsp3) is 0.130. The number of hydrogen-bond donors (Lipinski definition) is 1. The molecule has 3 aromatic carbocycles. The standard InChI is InChI=1S/C23H20BrClN2O6S/c1-15-3-9-19(10-4-15)34(29,30)33-23-20(24)11-16(12-21(23)31-2)13-26-27-22(28)14-32-18-7-5-17(25)6-8-18/h3-13H,14H2,1-2H3,(H,27,28)/b26-13-. The maximum Gasteiger partial charge on any atom is 0.339 e. The second-order valence-electron chi connectivity index (χ2n) is 6.92. The Labute approximate surface area is 210 Å². The quantitative estimate of drug-likeness (QED) is 0.228. The van der Waals surface area contributed by atoms with Gasteiger partial charge in [0.15, 0.2) is 18.1 Å². The highest BCUT2D eigenvalue weighted by atomic mass is 79.9. The molecule has 3 rings (SSSR count). The van der Waals surface area contributed by atoms with Gasteiger partial charge in [-0.05, 0) is 76.9 Å². The summed E-state index contributed by atoms with van der Waals surface area (Å²) in [5.41, 5.74) is 3.78. The predicted octanol–water partition coefficient (Wildman–Crippen LogP) is 4.72. The molecule has 1 N–H and O–H groups in total. The van der Waals surface area contributed by atoms with E-state index in [-0.39, 0.29) is 23.0 Å². The van der Waals surface area contributed by atoms with E-state index in [1.165, 1.54) is 31.5 Å². The van der Waals surface area contributed by atoms with Crippen molar-refractivity contribution >= 4 is 49.8 Å². The second kappa shape index (κ2) is 11.4. The normalized spacial score (nSPS) is 11.3. The zero-order valence-corrected chi connectivity index (χ0v) is 21.3. The molecular weight excluding hydrogens is 548 g/mol. The van der Waals surface area contributed by atoms with Gasteiger partial charge in [-0.2, -0.15) is 13.5 Å². The summed E-state index contributed by atoms with van der Waals surface area (Å²) in [5, 5.41) is 4.45. The predicted molar refractivity (Wildman–Crippen MR) is 132 cm³/mol. The summed E-state index contributed by atoms with van der Waals surface area (Å²) in [6, 6.07) is 16.0. The molecular formula is C23H20BrClN2O6S. The Kier molecular flexibility index (Phi) is 8.54. The molecule has 0 atom stereocenters. The van der Waals surface area contributed by atoms with E-state index >= 15 is 0 Å². The largest absolute Gasteiger partial charge is 0.493 e. The Morgan fingerprint density at radius 3 is 2.44 bits per heavy atom. The van der Waals surface area contributed by atoms with E-state index in [4.69, 9.17) is 25.3 Å². The molecule has 1 amide bonds. The van der Waals surface area contributed by atoms with Gasteiger partial charge in [-0.3, -0.25) is 4.79 Å². The molecule has 34 heavy (non-hydrogen) atoms. The van der Waals surface area contributed by atoms with E-state index in [1.54, 1.807) is 42.5 Å². The smallest absolute Gasteiger partial charge is 0.339 e. The SMILES string of the molecule is COc1cc(/C=N\NC(=O)COc2ccc(Cl)cc2)cc(Br)c1OS(=O)(=O)c1ccc(C)cc1. The van der Waals surface area contributed by atoms with Crippen molar-refractivity contribution < 1.29 is 26.9 Å². The lowest BCUT2D eigenvalue weighted by atomic mass is 10.2. The molecule has 0 aliphatic heterocycles. The number of benzene rings is 3. The Hall–Kier alpha value is -3.08. The molecule has 0 unspecified atom stereocenters. The molecule has 178 valence electrons. The van der Waals surface area contributed by atoms with Crippen LogP contribution in [0.1, 0.15) is 11.1 Å². The van der Waals surface area contributed by atoms with Gasteiger partial charge in [-0.1, -0.05) is 29.3 Å². The van der Waals surface area contributed by atoms with Crippen LogP contribution in [0.4, 0.5) is 0 Å². The number of carbonyl (C=O) groups excluding carboxylic acids is 1. The summed E-state index contributed by atoms with van der Waals surface area (Å²) in [7, 11) is -2.70. The number of hydrazone groups is 1.